The van der Waals surface area contributed by atoms with Gasteiger partial charge in [0.25, 0.3) is 5.91 Å². The van der Waals surface area contributed by atoms with Crippen LogP contribution in [0.3, 0.4) is 0 Å². The predicted octanol–water partition coefficient (Wildman–Crippen LogP) is 8.01. The van der Waals surface area contributed by atoms with Crippen LogP contribution in [0.4, 0.5) is 10.7 Å². The first-order chi connectivity index (χ1) is 19.0. The number of rotatable bonds is 6. The van der Waals surface area contributed by atoms with Gasteiger partial charge in [0.2, 0.25) is 0 Å². The Bertz CT molecular complexity index is 1590. The summed E-state index contributed by atoms with van der Waals surface area (Å²) in [6.07, 6.45) is 4.75. The Kier molecular flexibility index (Phi) is 7.51. The Balaban J connectivity index is 1.50. The van der Waals surface area contributed by atoms with Gasteiger partial charge in [-0.05, 0) is 92.5 Å². The zero-order chi connectivity index (χ0) is 28.6. The van der Waals surface area contributed by atoms with Crippen LogP contribution in [0.15, 0.2) is 65.7 Å². The molecule has 1 aliphatic rings. The topological polar surface area (TPSA) is 83.7 Å². The van der Waals surface area contributed by atoms with Gasteiger partial charge in [-0.3, -0.25) is 4.79 Å². The number of anilines is 1. The van der Waals surface area contributed by atoms with Gasteiger partial charge in [-0.1, -0.05) is 39.0 Å². The van der Waals surface area contributed by atoms with Crippen molar-refractivity contribution >= 4 is 40.1 Å². The first-order valence-electron chi connectivity index (χ1n) is 13.6. The van der Waals surface area contributed by atoms with Crippen molar-refractivity contribution in [2.75, 3.05) is 5.32 Å². The maximum absolute atomic E-state index is 13.6. The number of hydrogen-bond acceptors (Lipinski definition) is 4. The van der Waals surface area contributed by atoms with Crippen molar-refractivity contribution < 1.29 is 14.7 Å². The van der Waals surface area contributed by atoms with Crippen molar-refractivity contribution in [1.82, 2.24) is 4.57 Å². The second kappa shape index (κ2) is 10.9. The third-order valence-electron chi connectivity index (χ3n) is 7.89. The van der Waals surface area contributed by atoms with Crippen molar-refractivity contribution in [3.05, 3.63) is 99.2 Å². The Morgan fingerprint density at radius 3 is 2.42 bits per heavy atom. The number of benzene rings is 2. The first-order valence-corrected chi connectivity index (χ1v) is 14.4. The number of carbonyl (C=O) groups excluding carboxylic acids is 1. The molecule has 0 unspecified atom stereocenters. The minimum Gasteiger partial charge on any atom is -0.478 e. The highest BCUT2D eigenvalue weighted by Gasteiger charge is 2.33. The van der Waals surface area contributed by atoms with E-state index in [2.05, 4.69) is 36.7 Å². The quantitative estimate of drug-likeness (QED) is 0.237. The molecule has 0 saturated carbocycles. The molecule has 7 heteroatoms. The number of fused-ring (bicyclic) bond motifs is 1. The van der Waals surface area contributed by atoms with Crippen molar-refractivity contribution in [3.63, 3.8) is 0 Å². The number of nitrogens with zero attached hydrogens (tertiary/aromatic N) is 2. The van der Waals surface area contributed by atoms with Crippen molar-refractivity contribution in [3.8, 4) is 5.69 Å². The van der Waals surface area contributed by atoms with Crippen LogP contribution in [0.25, 0.3) is 5.69 Å². The largest absolute Gasteiger partial charge is 0.478 e. The normalized spacial score (nSPS) is 15.3. The number of amides is 1. The van der Waals surface area contributed by atoms with Gasteiger partial charge in [0, 0.05) is 39.4 Å². The number of nitrogens with one attached hydrogen (secondary N) is 1. The van der Waals surface area contributed by atoms with Gasteiger partial charge >= 0.3 is 5.97 Å². The summed E-state index contributed by atoms with van der Waals surface area (Å²) in [7, 11) is 0. The van der Waals surface area contributed by atoms with Gasteiger partial charge in [-0.15, -0.1) is 11.3 Å². The third-order valence-corrected chi connectivity index (χ3v) is 9.06. The molecule has 206 valence electrons. The van der Waals surface area contributed by atoms with Crippen LogP contribution < -0.4 is 5.32 Å². The van der Waals surface area contributed by atoms with Gasteiger partial charge in [-0.2, -0.15) is 0 Å². The Hall–Kier alpha value is -3.97. The molecule has 4 aromatic rings. The van der Waals surface area contributed by atoms with Crippen LogP contribution in [0.5, 0.6) is 0 Å². The number of aromatic carboxylic acids is 1. The monoisotopic (exact) mass is 553 g/mol. The summed E-state index contributed by atoms with van der Waals surface area (Å²) in [4.78, 5) is 31.1. The van der Waals surface area contributed by atoms with Gasteiger partial charge in [0.1, 0.15) is 5.00 Å². The summed E-state index contributed by atoms with van der Waals surface area (Å²) in [6, 6.07) is 18.5. The van der Waals surface area contributed by atoms with Crippen molar-refractivity contribution in [2.24, 2.45) is 16.3 Å². The van der Waals surface area contributed by atoms with Gasteiger partial charge in [0.05, 0.1) is 11.1 Å². The molecule has 6 nitrogen and oxygen atoms in total. The average molecular weight is 554 g/mol. The van der Waals surface area contributed by atoms with E-state index in [0.717, 1.165) is 58.2 Å². The Morgan fingerprint density at radius 2 is 1.77 bits per heavy atom. The molecule has 2 aromatic heterocycles. The van der Waals surface area contributed by atoms with Crippen LogP contribution in [-0.4, -0.2) is 27.8 Å². The summed E-state index contributed by atoms with van der Waals surface area (Å²) in [5, 5.41) is 13.1. The van der Waals surface area contributed by atoms with E-state index in [1.807, 2.05) is 62.5 Å². The summed E-state index contributed by atoms with van der Waals surface area (Å²) >= 11 is 1.64. The highest BCUT2D eigenvalue weighted by molar-refractivity contribution is 7.16. The fourth-order valence-electron chi connectivity index (χ4n) is 5.55. The number of thiophene rings is 1. The molecule has 2 aromatic carbocycles. The van der Waals surface area contributed by atoms with E-state index >= 15 is 0 Å². The second-order valence-corrected chi connectivity index (χ2v) is 12.7. The van der Waals surface area contributed by atoms with E-state index in [0.29, 0.717) is 11.5 Å². The molecule has 0 aliphatic heterocycles. The fourth-order valence-corrected chi connectivity index (χ4v) is 6.82. The maximum atomic E-state index is 13.6. The average Bonchev–Trinajstić information content (AvgIpc) is 3.42. The molecule has 0 radical (unpaired) electrons. The zero-order valence-electron chi connectivity index (χ0n) is 23.6. The third kappa shape index (κ3) is 5.52. The molecule has 0 saturated heterocycles. The van der Waals surface area contributed by atoms with E-state index < -0.39 is 5.97 Å². The number of aryl methyl sites for hydroxylation is 1. The van der Waals surface area contributed by atoms with Crippen LogP contribution in [0.1, 0.15) is 75.3 Å². The van der Waals surface area contributed by atoms with E-state index in [1.54, 1.807) is 23.5 Å². The predicted molar refractivity (Wildman–Crippen MR) is 163 cm³/mol. The molecule has 40 heavy (non-hydrogen) atoms. The number of carboxylic acids is 1. The van der Waals surface area contributed by atoms with Crippen molar-refractivity contribution in [1.29, 1.82) is 0 Å². The molecule has 0 bridgehead atoms. The first kappa shape index (κ1) is 27.6. The smallest absolute Gasteiger partial charge is 0.335 e. The molecule has 2 heterocycles. The lowest BCUT2D eigenvalue weighted by molar-refractivity contribution is 0.0696. The molecule has 0 fully saturated rings. The minimum atomic E-state index is -0.945. The molecule has 1 aliphatic carbocycles. The lowest BCUT2D eigenvalue weighted by Gasteiger charge is -2.33. The highest BCUT2D eigenvalue weighted by Crippen LogP contribution is 2.45. The Labute approximate surface area is 239 Å². The van der Waals surface area contributed by atoms with E-state index in [-0.39, 0.29) is 16.9 Å². The lowest BCUT2D eigenvalue weighted by atomic mass is 9.72. The summed E-state index contributed by atoms with van der Waals surface area (Å²) in [6.45, 7) is 10.9. The fraction of sp³-hybridized carbons (Fsp3) is 0.303. The summed E-state index contributed by atoms with van der Waals surface area (Å²) in [5.74, 6) is -0.499. The number of hydrogen-bond donors (Lipinski definition) is 2. The van der Waals surface area contributed by atoms with Crippen LogP contribution >= 0.6 is 11.3 Å². The van der Waals surface area contributed by atoms with Gasteiger partial charge < -0.3 is 15.0 Å². The highest BCUT2D eigenvalue weighted by atomic mass is 32.1. The minimum absolute atomic E-state index is 0.117. The van der Waals surface area contributed by atoms with Crippen molar-refractivity contribution in [2.45, 2.75) is 53.9 Å². The molecular formula is C33H35N3O3S. The number of aliphatic imine (C=N–C) groups is 1. The summed E-state index contributed by atoms with van der Waals surface area (Å²) in [5.41, 5.74) is 6.90. The zero-order valence-corrected chi connectivity index (χ0v) is 24.4. The number of para-hydroxylation sites is 1. The molecule has 2 N–H and O–H groups in total. The second-order valence-electron chi connectivity index (χ2n) is 11.6. The molecule has 0 spiro atoms. The number of aromatic nitrogens is 1. The molecular weight excluding hydrogens is 518 g/mol. The van der Waals surface area contributed by atoms with Gasteiger partial charge in [-0.25, -0.2) is 9.79 Å². The Morgan fingerprint density at radius 1 is 1.07 bits per heavy atom. The van der Waals surface area contributed by atoms with Crippen LogP contribution in [-0.2, 0) is 12.8 Å². The standard InChI is InChI=1S/C33H35N3O3S/c1-20-17-23(21(2)36(20)26-14-11-22(12-15-26)32(38)39)19-34-31-29(30(37)35-25-9-7-6-8-10-25)27-16-13-24(33(3,4)5)18-28(27)40-31/h6-12,14-15,17,19,24H,13,16,18H2,1-5H3,(H,35,37)(H,38,39)/t24-/m1/s1. The number of carboxylic acid groups (broad SMARTS) is 1. The maximum Gasteiger partial charge on any atom is 0.335 e. The SMILES string of the molecule is Cc1cc(C=Nc2sc3c(c2C(=O)Nc2ccccc2)CC[C@@H](C(C)(C)C)C3)c(C)n1-c1ccc(C(=O)O)cc1. The molecule has 1 atom stereocenters. The van der Waals surface area contributed by atoms with E-state index in [9.17, 15) is 14.7 Å². The van der Waals surface area contributed by atoms with Crippen LogP contribution in [0.2, 0.25) is 0 Å². The van der Waals surface area contributed by atoms with Crippen LogP contribution in [0, 0.1) is 25.2 Å². The summed E-state index contributed by atoms with van der Waals surface area (Å²) < 4.78 is 2.09. The lowest BCUT2D eigenvalue weighted by Crippen LogP contribution is -2.27. The molecule has 5 rings (SSSR count). The molecule has 1 amide bonds. The number of carbonyl (C=O) groups is 2. The van der Waals surface area contributed by atoms with E-state index in [1.165, 1.54) is 4.88 Å². The van der Waals surface area contributed by atoms with E-state index in [4.69, 9.17) is 4.99 Å². The van der Waals surface area contributed by atoms with Gasteiger partial charge in [0.15, 0.2) is 0 Å².